The van der Waals surface area contributed by atoms with Crippen LogP contribution in [0.15, 0.2) is 18.2 Å². The summed E-state index contributed by atoms with van der Waals surface area (Å²) in [4.78, 5) is 10.8. The maximum Gasteiger partial charge on any atom is 0.339 e. The lowest BCUT2D eigenvalue weighted by atomic mass is 9.94. The van der Waals surface area contributed by atoms with Gasteiger partial charge >= 0.3 is 5.97 Å². The second-order valence-electron chi connectivity index (χ2n) is 5.12. The first-order valence-electron chi connectivity index (χ1n) is 6.45. The number of carboxylic acid groups (broad SMARTS) is 1. The van der Waals surface area contributed by atoms with Crippen LogP contribution in [-0.4, -0.2) is 50.8 Å². The number of aliphatic hydroxyl groups is 2. The van der Waals surface area contributed by atoms with E-state index in [9.17, 15) is 20.1 Å². The molecule has 0 amide bonds. The van der Waals surface area contributed by atoms with Crippen LogP contribution in [0.4, 0.5) is 0 Å². The first-order valence-corrected chi connectivity index (χ1v) is 6.45. The van der Waals surface area contributed by atoms with E-state index < -0.39 is 24.3 Å². The summed E-state index contributed by atoms with van der Waals surface area (Å²) in [6.45, 7) is 1.69. The van der Waals surface area contributed by atoms with Crippen LogP contribution in [0.3, 0.4) is 0 Å². The van der Waals surface area contributed by atoms with Gasteiger partial charge < -0.3 is 25.2 Å². The average Bonchev–Trinajstić information content (AvgIpc) is 2.35. The highest BCUT2D eigenvalue weighted by molar-refractivity contribution is 5.90. The maximum atomic E-state index is 10.8. The zero-order chi connectivity index (χ0) is 14.9. The number of aromatic carboxylic acids is 1. The smallest absolute Gasteiger partial charge is 0.339 e. The first-order chi connectivity index (χ1) is 9.38. The Morgan fingerprint density at radius 1 is 1.40 bits per heavy atom. The van der Waals surface area contributed by atoms with Gasteiger partial charge in [0.05, 0.1) is 18.3 Å². The molecule has 20 heavy (non-hydrogen) atoms. The molecule has 0 aliphatic carbocycles. The number of benzene rings is 1. The van der Waals surface area contributed by atoms with Crippen molar-refractivity contribution in [2.24, 2.45) is 0 Å². The number of carbonyl (C=O) groups is 1. The van der Waals surface area contributed by atoms with Crippen LogP contribution in [0.2, 0.25) is 0 Å². The van der Waals surface area contributed by atoms with E-state index in [1.807, 2.05) is 0 Å². The van der Waals surface area contributed by atoms with E-state index in [4.69, 9.17) is 9.84 Å². The highest BCUT2D eigenvalue weighted by Gasteiger charge is 2.33. The molecule has 4 unspecified atom stereocenters. The number of aromatic hydroxyl groups is 1. The molecule has 6 nitrogen and oxygen atoms in total. The molecule has 0 saturated carbocycles. The summed E-state index contributed by atoms with van der Waals surface area (Å²) in [7, 11) is 0. The molecule has 6 heteroatoms. The SMILES string of the molecule is CC1OC(Cc2ccc(C(=O)O)c(O)c2)CC(O)C1O. The van der Waals surface area contributed by atoms with E-state index in [0.717, 1.165) is 0 Å². The van der Waals surface area contributed by atoms with Crippen LogP contribution < -0.4 is 0 Å². The van der Waals surface area contributed by atoms with Crippen molar-refractivity contribution in [3.05, 3.63) is 29.3 Å². The summed E-state index contributed by atoms with van der Waals surface area (Å²) in [6, 6.07) is 4.33. The summed E-state index contributed by atoms with van der Waals surface area (Å²) < 4.78 is 5.58. The molecule has 110 valence electrons. The van der Waals surface area contributed by atoms with Gasteiger partial charge in [-0.05, 0) is 31.0 Å². The van der Waals surface area contributed by atoms with Crippen molar-refractivity contribution >= 4 is 5.97 Å². The molecule has 4 atom stereocenters. The Bertz CT molecular complexity index is 488. The van der Waals surface area contributed by atoms with Crippen molar-refractivity contribution in [2.45, 2.75) is 44.2 Å². The molecule has 1 aliphatic rings. The maximum absolute atomic E-state index is 10.8. The third kappa shape index (κ3) is 3.09. The van der Waals surface area contributed by atoms with Gasteiger partial charge in [-0.2, -0.15) is 0 Å². The van der Waals surface area contributed by atoms with Gasteiger partial charge in [0.25, 0.3) is 0 Å². The quantitative estimate of drug-likeness (QED) is 0.644. The topological polar surface area (TPSA) is 107 Å². The largest absolute Gasteiger partial charge is 0.507 e. The molecule has 1 aromatic rings. The summed E-state index contributed by atoms with van der Waals surface area (Å²) in [6.07, 6.45) is -1.74. The monoisotopic (exact) mass is 282 g/mol. The molecule has 1 saturated heterocycles. The number of ether oxygens (including phenoxy) is 1. The van der Waals surface area contributed by atoms with E-state index in [2.05, 4.69) is 0 Å². The van der Waals surface area contributed by atoms with E-state index in [-0.39, 0.29) is 17.4 Å². The Balaban J connectivity index is 2.07. The number of hydrogen-bond acceptors (Lipinski definition) is 5. The Morgan fingerprint density at radius 2 is 2.10 bits per heavy atom. The van der Waals surface area contributed by atoms with E-state index >= 15 is 0 Å². The minimum atomic E-state index is -1.19. The summed E-state index contributed by atoms with van der Waals surface area (Å²) >= 11 is 0. The normalized spacial score (nSPS) is 30.1. The molecule has 0 bridgehead atoms. The Morgan fingerprint density at radius 3 is 2.65 bits per heavy atom. The molecule has 1 aromatic carbocycles. The van der Waals surface area contributed by atoms with Crippen LogP contribution in [-0.2, 0) is 11.2 Å². The molecule has 1 heterocycles. The molecule has 0 radical (unpaired) electrons. The van der Waals surface area contributed by atoms with Crippen molar-refractivity contribution in [3.8, 4) is 5.75 Å². The molecular weight excluding hydrogens is 264 g/mol. The van der Waals surface area contributed by atoms with Crippen LogP contribution in [0, 0.1) is 0 Å². The lowest BCUT2D eigenvalue weighted by Gasteiger charge is -2.35. The zero-order valence-electron chi connectivity index (χ0n) is 11.1. The molecular formula is C14H18O6. The van der Waals surface area contributed by atoms with Gasteiger partial charge in [0.2, 0.25) is 0 Å². The van der Waals surface area contributed by atoms with Gasteiger partial charge in [-0.15, -0.1) is 0 Å². The fraction of sp³-hybridized carbons (Fsp3) is 0.500. The van der Waals surface area contributed by atoms with Crippen LogP contribution >= 0.6 is 0 Å². The lowest BCUT2D eigenvalue weighted by Crippen LogP contribution is -2.47. The summed E-state index contributed by atoms with van der Waals surface area (Å²) in [5.74, 6) is -1.48. The van der Waals surface area contributed by atoms with E-state index in [1.54, 1.807) is 13.0 Å². The van der Waals surface area contributed by atoms with Gasteiger partial charge in [0, 0.05) is 6.42 Å². The predicted molar refractivity (Wildman–Crippen MR) is 69.7 cm³/mol. The highest BCUT2D eigenvalue weighted by atomic mass is 16.5. The number of rotatable bonds is 3. The van der Waals surface area contributed by atoms with Crippen molar-refractivity contribution < 1.29 is 30.0 Å². The van der Waals surface area contributed by atoms with E-state index in [1.165, 1.54) is 12.1 Å². The number of aliphatic hydroxyl groups excluding tert-OH is 2. The standard InChI is InChI=1S/C14H18O6/c1-7-13(17)12(16)6-9(20-7)4-8-2-3-10(14(18)19)11(15)5-8/h2-3,5,7,9,12-13,15-17H,4,6H2,1H3,(H,18,19). The summed E-state index contributed by atoms with van der Waals surface area (Å²) in [5, 5.41) is 37.8. The van der Waals surface area contributed by atoms with Gasteiger partial charge in [-0.25, -0.2) is 4.79 Å². The fourth-order valence-corrected chi connectivity index (χ4v) is 2.44. The zero-order valence-corrected chi connectivity index (χ0v) is 11.1. The molecule has 1 aliphatic heterocycles. The molecule has 0 aromatic heterocycles. The number of hydrogen-bond donors (Lipinski definition) is 4. The van der Waals surface area contributed by atoms with Crippen LogP contribution in [0.1, 0.15) is 29.3 Å². The predicted octanol–water partition coefficient (Wildman–Crippen LogP) is 0.532. The first kappa shape index (κ1) is 14.8. The third-order valence-electron chi connectivity index (χ3n) is 3.54. The second kappa shape index (κ2) is 5.78. The molecule has 1 fully saturated rings. The Kier molecular flexibility index (Phi) is 4.27. The van der Waals surface area contributed by atoms with Crippen LogP contribution in [0.25, 0.3) is 0 Å². The van der Waals surface area contributed by atoms with Crippen molar-refractivity contribution in [1.82, 2.24) is 0 Å². The van der Waals surface area contributed by atoms with E-state index in [0.29, 0.717) is 18.4 Å². The third-order valence-corrected chi connectivity index (χ3v) is 3.54. The van der Waals surface area contributed by atoms with Gasteiger partial charge in [-0.3, -0.25) is 0 Å². The van der Waals surface area contributed by atoms with Crippen molar-refractivity contribution in [1.29, 1.82) is 0 Å². The van der Waals surface area contributed by atoms with Crippen LogP contribution in [0.5, 0.6) is 5.75 Å². The minimum Gasteiger partial charge on any atom is -0.507 e. The van der Waals surface area contributed by atoms with Gasteiger partial charge in [0.1, 0.15) is 17.4 Å². The Hall–Kier alpha value is -1.63. The molecule has 2 rings (SSSR count). The minimum absolute atomic E-state index is 0.151. The van der Waals surface area contributed by atoms with Gasteiger partial charge in [-0.1, -0.05) is 6.07 Å². The summed E-state index contributed by atoms with van der Waals surface area (Å²) in [5.41, 5.74) is 0.565. The molecule has 4 N–H and O–H groups in total. The Labute approximate surface area is 116 Å². The average molecular weight is 282 g/mol. The number of phenols is 1. The van der Waals surface area contributed by atoms with Gasteiger partial charge in [0.15, 0.2) is 0 Å². The van der Waals surface area contributed by atoms with Crippen molar-refractivity contribution in [2.75, 3.05) is 0 Å². The highest BCUT2D eigenvalue weighted by Crippen LogP contribution is 2.25. The fourth-order valence-electron chi connectivity index (χ4n) is 2.44. The number of carboxylic acids is 1. The lowest BCUT2D eigenvalue weighted by molar-refractivity contribution is -0.160. The second-order valence-corrected chi connectivity index (χ2v) is 5.12. The van der Waals surface area contributed by atoms with Crippen molar-refractivity contribution in [3.63, 3.8) is 0 Å². The molecule has 0 spiro atoms.